The molecule has 0 amide bonds. The zero-order chi connectivity index (χ0) is 22.6. The maximum Gasteiger partial charge on any atom is 0.226 e. The largest absolute Gasteiger partial charge is 0.497 e. The van der Waals surface area contributed by atoms with Gasteiger partial charge < -0.3 is 24.8 Å². The molecule has 0 spiro atoms. The number of para-hydroxylation sites is 1. The van der Waals surface area contributed by atoms with Crippen molar-refractivity contribution in [3.05, 3.63) is 54.7 Å². The fourth-order valence-electron chi connectivity index (χ4n) is 3.89. The number of rotatable bonds is 8. The summed E-state index contributed by atoms with van der Waals surface area (Å²) in [6.45, 7) is 1.45. The average Bonchev–Trinajstić information content (AvgIpc) is 3.53. The highest BCUT2D eigenvalue weighted by Crippen LogP contribution is 2.34. The second-order valence-corrected chi connectivity index (χ2v) is 7.73. The Morgan fingerprint density at radius 2 is 1.97 bits per heavy atom. The number of hydrogen-bond donors (Lipinski definition) is 2. The van der Waals surface area contributed by atoms with Crippen LogP contribution in [0.15, 0.2) is 54.7 Å². The number of nitrogens with one attached hydrogen (secondary N) is 2. The van der Waals surface area contributed by atoms with Crippen LogP contribution in [-0.4, -0.2) is 53.2 Å². The standard InChI is InChI=1S/C24H26N6O3/c1-31-17-10-11-21(32-2)20(13-17)27-22-19-15-26-30(16-7-4-3-5-8-16)23(19)29-24(28-22)25-14-18-9-6-12-33-18/h3-5,7-8,10-11,13,15,18H,6,9,12,14H2,1-2H3,(H2,25,27,28,29)/t18-/m0/s1. The molecule has 2 aromatic carbocycles. The normalized spacial score (nSPS) is 15.5. The zero-order valence-corrected chi connectivity index (χ0v) is 18.6. The van der Waals surface area contributed by atoms with Crippen molar-refractivity contribution in [3.8, 4) is 17.2 Å². The van der Waals surface area contributed by atoms with Crippen molar-refractivity contribution in [1.82, 2.24) is 19.7 Å². The fraction of sp³-hybridized carbons (Fsp3) is 0.292. The molecule has 33 heavy (non-hydrogen) atoms. The van der Waals surface area contributed by atoms with E-state index < -0.39 is 0 Å². The molecule has 3 heterocycles. The Kier molecular flexibility index (Phi) is 5.95. The second kappa shape index (κ2) is 9.33. The average molecular weight is 447 g/mol. The number of methoxy groups -OCH3 is 2. The Labute approximate surface area is 191 Å². The van der Waals surface area contributed by atoms with E-state index in [4.69, 9.17) is 24.2 Å². The van der Waals surface area contributed by atoms with Crippen LogP contribution in [0.2, 0.25) is 0 Å². The molecule has 1 aliphatic rings. The molecule has 1 saturated heterocycles. The first kappa shape index (κ1) is 21.0. The summed E-state index contributed by atoms with van der Waals surface area (Å²) in [6, 6.07) is 15.5. The molecule has 1 aliphatic heterocycles. The van der Waals surface area contributed by atoms with Gasteiger partial charge in [-0.2, -0.15) is 15.1 Å². The van der Waals surface area contributed by atoms with Crippen molar-refractivity contribution in [2.45, 2.75) is 18.9 Å². The van der Waals surface area contributed by atoms with Gasteiger partial charge in [0.25, 0.3) is 0 Å². The van der Waals surface area contributed by atoms with Gasteiger partial charge in [0, 0.05) is 19.2 Å². The van der Waals surface area contributed by atoms with Gasteiger partial charge in [-0.25, -0.2) is 4.68 Å². The van der Waals surface area contributed by atoms with Crippen LogP contribution in [0.5, 0.6) is 11.5 Å². The maximum atomic E-state index is 5.74. The number of benzene rings is 2. The minimum atomic E-state index is 0.165. The van der Waals surface area contributed by atoms with Crippen LogP contribution in [0.25, 0.3) is 16.7 Å². The van der Waals surface area contributed by atoms with Crippen LogP contribution in [0.3, 0.4) is 0 Å². The third-order valence-electron chi connectivity index (χ3n) is 5.60. The molecule has 0 radical (unpaired) electrons. The number of anilines is 3. The highest BCUT2D eigenvalue weighted by molar-refractivity contribution is 5.91. The first-order chi connectivity index (χ1) is 16.2. The van der Waals surface area contributed by atoms with Gasteiger partial charge in [-0.3, -0.25) is 0 Å². The van der Waals surface area contributed by atoms with Gasteiger partial charge in [0.1, 0.15) is 17.3 Å². The molecule has 0 unspecified atom stereocenters. The molecule has 9 heteroatoms. The van der Waals surface area contributed by atoms with Crippen molar-refractivity contribution < 1.29 is 14.2 Å². The lowest BCUT2D eigenvalue weighted by Crippen LogP contribution is -2.20. The summed E-state index contributed by atoms with van der Waals surface area (Å²) < 4.78 is 18.5. The Hall–Kier alpha value is -3.85. The van der Waals surface area contributed by atoms with Gasteiger partial charge in [-0.15, -0.1) is 0 Å². The molecule has 1 fully saturated rings. The number of hydrogen-bond acceptors (Lipinski definition) is 8. The molecule has 0 aliphatic carbocycles. The van der Waals surface area contributed by atoms with Crippen molar-refractivity contribution in [2.75, 3.05) is 38.0 Å². The van der Waals surface area contributed by atoms with Crippen molar-refractivity contribution >= 4 is 28.5 Å². The third kappa shape index (κ3) is 4.40. The summed E-state index contributed by atoms with van der Waals surface area (Å²) >= 11 is 0. The summed E-state index contributed by atoms with van der Waals surface area (Å²) in [6.07, 6.45) is 4.04. The van der Waals surface area contributed by atoms with Crippen LogP contribution in [0.1, 0.15) is 12.8 Å². The highest BCUT2D eigenvalue weighted by atomic mass is 16.5. The Balaban J connectivity index is 1.57. The van der Waals surface area contributed by atoms with Crippen LogP contribution in [0, 0.1) is 0 Å². The van der Waals surface area contributed by atoms with E-state index in [1.54, 1.807) is 20.4 Å². The van der Waals surface area contributed by atoms with E-state index in [0.717, 1.165) is 36.2 Å². The van der Waals surface area contributed by atoms with E-state index in [2.05, 4.69) is 15.7 Å². The van der Waals surface area contributed by atoms with Gasteiger partial charge in [0.05, 0.1) is 43.3 Å². The second-order valence-electron chi connectivity index (χ2n) is 7.73. The first-order valence-electron chi connectivity index (χ1n) is 10.9. The Morgan fingerprint density at radius 3 is 2.73 bits per heavy atom. The highest BCUT2D eigenvalue weighted by Gasteiger charge is 2.19. The van der Waals surface area contributed by atoms with Crippen molar-refractivity contribution in [3.63, 3.8) is 0 Å². The molecule has 0 bridgehead atoms. The summed E-state index contributed by atoms with van der Waals surface area (Å²) in [7, 11) is 3.26. The summed E-state index contributed by atoms with van der Waals surface area (Å²) in [4.78, 5) is 9.53. The molecule has 2 aromatic heterocycles. The quantitative estimate of drug-likeness (QED) is 0.416. The molecule has 4 aromatic rings. The van der Waals surface area contributed by atoms with Crippen molar-refractivity contribution in [1.29, 1.82) is 0 Å². The summed E-state index contributed by atoms with van der Waals surface area (Å²) in [5.74, 6) is 2.50. The van der Waals surface area contributed by atoms with Gasteiger partial charge in [0.2, 0.25) is 5.95 Å². The number of aromatic nitrogens is 4. The predicted molar refractivity (Wildman–Crippen MR) is 127 cm³/mol. The van der Waals surface area contributed by atoms with Gasteiger partial charge in [0.15, 0.2) is 5.65 Å². The Morgan fingerprint density at radius 1 is 1.09 bits per heavy atom. The zero-order valence-electron chi connectivity index (χ0n) is 18.6. The molecule has 0 saturated carbocycles. The lowest BCUT2D eigenvalue weighted by molar-refractivity contribution is 0.120. The molecule has 1 atom stereocenters. The summed E-state index contributed by atoms with van der Waals surface area (Å²) in [5, 5.41) is 12.1. The van der Waals surface area contributed by atoms with E-state index >= 15 is 0 Å². The number of fused-ring (bicyclic) bond motifs is 1. The van der Waals surface area contributed by atoms with E-state index in [9.17, 15) is 0 Å². The lowest BCUT2D eigenvalue weighted by Gasteiger charge is -2.15. The van der Waals surface area contributed by atoms with E-state index in [1.165, 1.54) is 0 Å². The molecule has 2 N–H and O–H groups in total. The molecule has 5 rings (SSSR count). The van der Waals surface area contributed by atoms with E-state index in [1.807, 2.05) is 53.2 Å². The van der Waals surface area contributed by atoms with Crippen LogP contribution < -0.4 is 20.1 Å². The maximum absolute atomic E-state index is 5.74. The SMILES string of the molecule is COc1ccc(OC)c(Nc2nc(NC[C@@H]3CCCO3)nc3c2cnn3-c2ccccc2)c1. The minimum absolute atomic E-state index is 0.165. The van der Waals surface area contributed by atoms with Crippen LogP contribution in [0.4, 0.5) is 17.5 Å². The monoisotopic (exact) mass is 446 g/mol. The fourth-order valence-corrected chi connectivity index (χ4v) is 3.89. The Bertz CT molecular complexity index is 1240. The minimum Gasteiger partial charge on any atom is -0.497 e. The van der Waals surface area contributed by atoms with Gasteiger partial charge in [-0.1, -0.05) is 18.2 Å². The molecule has 170 valence electrons. The topological polar surface area (TPSA) is 95.3 Å². The van der Waals surface area contributed by atoms with E-state index in [0.29, 0.717) is 35.5 Å². The molecule has 9 nitrogen and oxygen atoms in total. The number of nitrogens with zero attached hydrogens (tertiary/aromatic N) is 4. The first-order valence-corrected chi connectivity index (χ1v) is 10.9. The smallest absolute Gasteiger partial charge is 0.226 e. The van der Waals surface area contributed by atoms with Gasteiger partial charge >= 0.3 is 0 Å². The molecular formula is C24H26N6O3. The molecular weight excluding hydrogens is 420 g/mol. The van der Waals surface area contributed by atoms with Crippen molar-refractivity contribution in [2.24, 2.45) is 0 Å². The third-order valence-corrected chi connectivity index (χ3v) is 5.60. The van der Waals surface area contributed by atoms with E-state index in [-0.39, 0.29) is 6.10 Å². The van der Waals surface area contributed by atoms with Crippen LogP contribution in [-0.2, 0) is 4.74 Å². The summed E-state index contributed by atoms with van der Waals surface area (Å²) in [5.41, 5.74) is 2.34. The number of ether oxygens (including phenoxy) is 3. The van der Waals surface area contributed by atoms with Gasteiger partial charge in [-0.05, 0) is 37.1 Å². The lowest BCUT2D eigenvalue weighted by atomic mass is 10.2. The van der Waals surface area contributed by atoms with Crippen LogP contribution >= 0.6 is 0 Å². The predicted octanol–water partition coefficient (Wildman–Crippen LogP) is 4.17.